The molecule has 3 N–H and O–H groups in total. The van der Waals surface area contributed by atoms with Crippen molar-refractivity contribution in [3.8, 4) is 0 Å². The van der Waals surface area contributed by atoms with E-state index in [4.69, 9.17) is 9.84 Å². The van der Waals surface area contributed by atoms with Gasteiger partial charge in [-0.25, -0.2) is 0 Å². The second kappa shape index (κ2) is 11.9. The number of carbonyl (C=O) groups excluding carboxylic acids is 4. The van der Waals surface area contributed by atoms with E-state index in [1.807, 2.05) is 13.0 Å². The third-order valence-electron chi connectivity index (χ3n) is 12.3. The molecule has 6 atom stereocenters. The molecule has 0 bridgehead atoms. The Morgan fingerprint density at radius 2 is 1.64 bits per heavy atom. The summed E-state index contributed by atoms with van der Waals surface area (Å²) in [6.07, 6.45) is 10.5. The van der Waals surface area contributed by atoms with Crippen LogP contribution < -0.4 is 5.32 Å². The van der Waals surface area contributed by atoms with E-state index in [1.165, 1.54) is 5.57 Å². The van der Waals surface area contributed by atoms with E-state index in [-0.39, 0.29) is 47.7 Å². The van der Waals surface area contributed by atoms with Crippen molar-refractivity contribution in [2.75, 3.05) is 13.2 Å². The van der Waals surface area contributed by atoms with E-state index < -0.39 is 35.3 Å². The van der Waals surface area contributed by atoms with Crippen LogP contribution >= 0.6 is 0 Å². The minimum Gasteiger partial charge on any atom is -0.481 e. The lowest BCUT2D eigenvalue weighted by Crippen LogP contribution is -2.58. The van der Waals surface area contributed by atoms with Gasteiger partial charge in [-0.2, -0.15) is 0 Å². The van der Waals surface area contributed by atoms with Crippen molar-refractivity contribution >= 4 is 29.4 Å². The van der Waals surface area contributed by atoms with E-state index in [0.717, 1.165) is 51.4 Å². The average Bonchev–Trinajstić information content (AvgIpc) is 3.25. The van der Waals surface area contributed by atoms with Crippen molar-refractivity contribution in [1.82, 2.24) is 5.32 Å². The highest BCUT2D eigenvalue weighted by atomic mass is 16.5. The predicted octanol–water partition coefficient (Wildman–Crippen LogP) is 4.15. The summed E-state index contributed by atoms with van der Waals surface area (Å²) in [6.45, 7) is 4.31. The molecule has 42 heavy (non-hydrogen) atoms. The van der Waals surface area contributed by atoms with Crippen LogP contribution in [0.2, 0.25) is 0 Å². The van der Waals surface area contributed by atoms with Gasteiger partial charge in [0.1, 0.15) is 5.60 Å². The fourth-order valence-corrected chi connectivity index (χ4v) is 9.55. The molecule has 0 aromatic heterocycles. The number of carboxylic acid groups (broad SMARTS) is 1. The predicted molar refractivity (Wildman–Crippen MR) is 153 cm³/mol. The number of aliphatic hydroxyl groups is 1. The molecule has 0 aliphatic heterocycles. The first kappa shape index (κ1) is 30.9. The highest BCUT2D eigenvalue weighted by Gasteiger charge is 2.66. The summed E-state index contributed by atoms with van der Waals surface area (Å²) in [7, 11) is 0. The third-order valence-corrected chi connectivity index (χ3v) is 12.3. The SMILES string of the molecule is C[C@]12CCC(=O)C=C1CC[C@@H]1[C@H]2CC[C@@]2(C)[C@H]1CC[C@]2(O)C(=O)COC(=O)CCC(=O)NCC1CCC(C(=O)O)CC1. The molecule has 0 saturated heterocycles. The molecule has 0 spiro atoms. The number of amides is 1. The van der Waals surface area contributed by atoms with Gasteiger partial charge in [0.25, 0.3) is 0 Å². The average molecular weight is 586 g/mol. The number of allylic oxidation sites excluding steroid dienone is 1. The summed E-state index contributed by atoms with van der Waals surface area (Å²) in [5.41, 5.74) is -0.816. The minimum absolute atomic E-state index is 0.0184. The summed E-state index contributed by atoms with van der Waals surface area (Å²) in [5, 5.41) is 23.8. The molecule has 0 unspecified atom stereocenters. The Labute approximate surface area is 248 Å². The van der Waals surface area contributed by atoms with Crippen LogP contribution in [0.25, 0.3) is 0 Å². The molecule has 0 aromatic carbocycles. The first-order valence-corrected chi connectivity index (χ1v) is 16.0. The number of fused-ring (bicyclic) bond motifs is 5. The van der Waals surface area contributed by atoms with Crippen LogP contribution in [0.15, 0.2) is 11.6 Å². The van der Waals surface area contributed by atoms with Crippen LogP contribution in [0.3, 0.4) is 0 Å². The van der Waals surface area contributed by atoms with E-state index in [9.17, 15) is 29.1 Å². The molecular weight excluding hydrogens is 538 g/mol. The largest absolute Gasteiger partial charge is 0.481 e. The topological polar surface area (TPSA) is 147 Å². The zero-order valence-corrected chi connectivity index (χ0v) is 25.1. The van der Waals surface area contributed by atoms with Gasteiger partial charge in [0, 0.05) is 24.8 Å². The molecule has 5 aliphatic rings. The van der Waals surface area contributed by atoms with Crippen LogP contribution in [0.5, 0.6) is 0 Å². The van der Waals surface area contributed by atoms with Crippen molar-refractivity contribution in [3.05, 3.63) is 11.6 Å². The second-order valence-corrected chi connectivity index (χ2v) is 14.3. The van der Waals surface area contributed by atoms with E-state index in [1.54, 1.807) is 0 Å². The summed E-state index contributed by atoms with van der Waals surface area (Å²) in [5.74, 6) is -0.903. The molecule has 0 aromatic rings. The zero-order valence-electron chi connectivity index (χ0n) is 25.1. The maximum atomic E-state index is 13.4. The molecule has 4 fully saturated rings. The number of esters is 1. The number of carbonyl (C=O) groups is 5. The van der Waals surface area contributed by atoms with Crippen molar-refractivity contribution < 1.29 is 38.9 Å². The minimum atomic E-state index is -1.54. The lowest BCUT2D eigenvalue weighted by Gasteiger charge is -2.58. The molecule has 232 valence electrons. The number of Topliss-reactive ketones (excluding diaryl/α,β-unsaturated/α-hetero) is 1. The van der Waals surface area contributed by atoms with Gasteiger partial charge < -0.3 is 20.3 Å². The standard InChI is InChI=1S/C33H47NO8/c1-31-14-11-23(35)17-22(31)7-8-24-25(31)12-15-32(2)26(24)13-16-33(32,41)27(36)19-42-29(38)10-9-28(37)34-18-20-3-5-21(6-4-20)30(39)40/h17,20-21,24-26,41H,3-16,18-19H2,1-2H3,(H,34,37)(H,39,40)/t20?,21?,24-,25-,26+,31+,32+,33+/m1/s1. The number of hydrogen-bond donors (Lipinski definition) is 3. The maximum absolute atomic E-state index is 13.4. The van der Waals surface area contributed by atoms with Crippen LogP contribution in [-0.4, -0.2) is 58.4 Å². The van der Waals surface area contributed by atoms with Gasteiger partial charge in [0.15, 0.2) is 12.4 Å². The zero-order chi connectivity index (χ0) is 30.3. The quantitative estimate of drug-likeness (QED) is 0.342. The number of ether oxygens (including phenoxy) is 1. The van der Waals surface area contributed by atoms with Gasteiger partial charge in [-0.1, -0.05) is 19.4 Å². The lowest BCUT2D eigenvalue weighted by molar-refractivity contribution is -0.170. The van der Waals surface area contributed by atoms with Gasteiger partial charge in [-0.15, -0.1) is 0 Å². The molecule has 5 rings (SSSR count). The van der Waals surface area contributed by atoms with E-state index in [2.05, 4.69) is 12.2 Å². The number of nitrogens with one attached hydrogen (secondary N) is 1. The van der Waals surface area contributed by atoms with Crippen molar-refractivity contribution in [3.63, 3.8) is 0 Å². The van der Waals surface area contributed by atoms with Crippen molar-refractivity contribution in [2.24, 2.45) is 40.4 Å². The Kier molecular flexibility index (Phi) is 8.72. The van der Waals surface area contributed by atoms with Crippen LogP contribution in [0.1, 0.15) is 104 Å². The Balaban J connectivity index is 1.09. The number of rotatable bonds is 9. The van der Waals surface area contributed by atoms with Crippen LogP contribution in [0, 0.1) is 40.4 Å². The number of aliphatic carboxylic acids is 1. The molecule has 9 heteroatoms. The summed E-state index contributed by atoms with van der Waals surface area (Å²) in [6, 6.07) is 0. The van der Waals surface area contributed by atoms with E-state index >= 15 is 0 Å². The maximum Gasteiger partial charge on any atom is 0.306 e. The molecule has 1 amide bonds. The normalized spacial score (nSPS) is 39.3. The van der Waals surface area contributed by atoms with Gasteiger partial charge in [0.05, 0.1) is 12.3 Å². The van der Waals surface area contributed by atoms with Gasteiger partial charge in [-0.05, 0) is 106 Å². The fourth-order valence-electron chi connectivity index (χ4n) is 9.55. The molecule has 0 radical (unpaired) electrons. The molecule has 9 nitrogen and oxygen atoms in total. The van der Waals surface area contributed by atoms with Gasteiger partial charge in [-0.3, -0.25) is 24.0 Å². The smallest absolute Gasteiger partial charge is 0.306 e. The Morgan fingerprint density at radius 1 is 0.929 bits per heavy atom. The Bertz CT molecular complexity index is 1150. The Morgan fingerprint density at radius 3 is 2.36 bits per heavy atom. The number of ketones is 2. The van der Waals surface area contributed by atoms with Crippen LogP contribution in [-0.2, 0) is 28.7 Å². The molecule has 4 saturated carbocycles. The highest BCUT2D eigenvalue weighted by molar-refractivity contribution is 5.92. The summed E-state index contributed by atoms with van der Waals surface area (Å²) in [4.78, 5) is 61.3. The molecule has 0 heterocycles. The first-order chi connectivity index (χ1) is 19.9. The number of hydrogen-bond acceptors (Lipinski definition) is 7. The first-order valence-electron chi connectivity index (χ1n) is 16.0. The summed E-state index contributed by atoms with van der Waals surface area (Å²) < 4.78 is 5.27. The van der Waals surface area contributed by atoms with Crippen LogP contribution in [0.4, 0.5) is 0 Å². The third kappa shape index (κ3) is 5.58. The van der Waals surface area contributed by atoms with Gasteiger partial charge in [0.2, 0.25) is 11.7 Å². The second-order valence-electron chi connectivity index (χ2n) is 14.3. The van der Waals surface area contributed by atoms with Gasteiger partial charge >= 0.3 is 11.9 Å². The van der Waals surface area contributed by atoms with Crippen molar-refractivity contribution in [2.45, 2.75) is 109 Å². The number of carboxylic acids is 1. The fraction of sp³-hybridized carbons (Fsp3) is 0.788. The van der Waals surface area contributed by atoms with E-state index in [0.29, 0.717) is 44.1 Å². The molecule has 5 aliphatic carbocycles. The lowest BCUT2D eigenvalue weighted by atomic mass is 9.46. The highest BCUT2D eigenvalue weighted by Crippen LogP contribution is 2.67. The molecular formula is C33H47NO8. The Hall–Kier alpha value is -2.55. The van der Waals surface area contributed by atoms with Crippen molar-refractivity contribution in [1.29, 1.82) is 0 Å². The summed E-state index contributed by atoms with van der Waals surface area (Å²) >= 11 is 0. The monoisotopic (exact) mass is 585 g/mol.